The number of rotatable bonds is 4. The van der Waals surface area contributed by atoms with Crippen molar-refractivity contribution in [1.82, 2.24) is 0 Å². The normalized spacial score (nSPS) is 24.4. The van der Waals surface area contributed by atoms with Gasteiger partial charge in [-0.25, -0.2) is 4.79 Å². The predicted octanol–water partition coefficient (Wildman–Crippen LogP) is -0.226. The molecule has 0 radical (unpaired) electrons. The van der Waals surface area contributed by atoms with Crippen molar-refractivity contribution >= 4 is 5.97 Å². The number of aliphatic hydroxyl groups excluding tert-OH is 1. The SMILES string of the molecule is C[N+]1(C)CCC(OC(=O)C(O)c2ccccc2C2CCCC2)C1.[Br-]. The largest absolute Gasteiger partial charge is 1.00 e. The average Bonchev–Trinajstić information content (AvgIpc) is 3.16. The zero-order valence-electron chi connectivity index (χ0n) is 14.6. The summed E-state index contributed by atoms with van der Waals surface area (Å²) in [7, 11) is 4.28. The summed E-state index contributed by atoms with van der Waals surface area (Å²) in [6, 6.07) is 7.80. The summed E-state index contributed by atoms with van der Waals surface area (Å²) in [5, 5.41) is 10.5. The van der Waals surface area contributed by atoms with Crippen molar-refractivity contribution in [2.75, 3.05) is 27.2 Å². The molecule has 1 aliphatic heterocycles. The van der Waals surface area contributed by atoms with Gasteiger partial charge in [-0.3, -0.25) is 0 Å². The number of aliphatic hydroxyl groups is 1. The van der Waals surface area contributed by atoms with E-state index >= 15 is 0 Å². The minimum atomic E-state index is -1.16. The van der Waals surface area contributed by atoms with Crippen LogP contribution in [0.3, 0.4) is 0 Å². The number of hydrogen-bond donors (Lipinski definition) is 1. The molecule has 1 aromatic rings. The Kier molecular flexibility index (Phi) is 6.46. The fraction of sp³-hybridized carbons (Fsp3) is 0.632. The number of carbonyl (C=O) groups excluding carboxylic acids is 1. The molecule has 134 valence electrons. The Bertz CT molecular complexity index is 569. The van der Waals surface area contributed by atoms with E-state index in [4.69, 9.17) is 4.74 Å². The van der Waals surface area contributed by atoms with Crippen LogP contribution in [0, 0.1) is 0 Å². The van der Waals surface area contributed by atoms with E-state index in [1.165, 1.54) is 12.8 Å². The maximum absolute atomic E-state index is 12.4. The van der Waals surface area contributed by atoms with Gasteiger partial charge in [0.1, 0.15) is 6.54 Å². The summed E-state index contributed by atoms with van der Waals surface area (Å²) >= 11 is 0. The topological polar surface area (TPSA) is 46.5 Å². The number of quaternary nitrogens is 1. The summed E-state index contributed by atoms with van der Waals surface area (Å²) in [5.41, 5.74) is 1.85. The number of nitrogens with zero attached hydrogens (tertiary/aromatic N) is 1. The third-order valence-corrected chi connectivity index (χ3v) is 5.35. The van der Waals surface area contributed by atoms with E-state index in [-0.39, 0.29) is 23.1 Å². The zero-order valence-corrected chi connectivity index (χ0v) is 16.2. The van der Waals surface area contributed by atoms with E-state index in [1.807, 2.05) is 18.2 Å². The molecule has 24 heavy (non-hydrogen) atoms. The summed E-state index contributed by atoms with van der Waals surface area (Å²) in [4.78, 5) is 12.4. The summed E-state index contributed by atoms with van der Waals surface area (Å²) in [5.74, 6) is -0.0296. The smallest absolute Gasteiger partial charge is 0.340 e. The van der Waals surface area contributed by atoms with E-state index in [0.29, 0.717) is 5.92 Å². The second-order valence-corrected chi connectivity index (χ2v) is 7.70. The van der Waals surface area contributed by atoms with Crippen molar-refractivity contribution in [2.45, 2.75) is 50.2 Å². The van der Waals surface area contributed by atoms with Crippen LogP contribution in [0.25, 0.3) is 0 Å². The van der Waals surface area contributed by atoms with Crippen molar-refractivity contribution in [3.63, 3.8) is 0 Å². The fourth-order valence-electron chi connectivity index (χ4n) is 4.05. The molecule has 0 amide bonds. The van der Waals surface area contributed by atoms with Crippen LogP contribution in [-0.2, 0) is 9.53 Å². The van der Waals surface area contributed by atoms with Crippen molar-refractivity contribution in [1.29, 1.82) is 0 Å². The fourth-order valence-corrected chi connectivity index (χ4v) is 4.05. The van der Waals surface area contributed by atoms with Gasteiger partial charge in [0.2, 0.25) is 0 Å². The number of carbonyl (C=O) groups is 1. The molecule has 1 aromatic carbocycles. The first-order valence-corrected chi connectivity index (χ1v) is 8.76. The monoisotopic (exact) mass is 397 g/mol. The van der Waals surface area contributed by atoms with Gasteiger partial charge >= 0.3 is 5.97 Å². The van der Waals surface area contributed by atoms with E-state index < -0.39 is 12.1 Å². The van der Waals surface area contributed by atoms with Crippen LogP contribution in [0.5, 0.6) is 0 Å². The molecule has 0 spiro atoms. The molecule has 1 N–H and O–H groups in total. The lowest BCUT2D eigenvalue weighted by Crippen LogP contribution is -3.00. The molecule has 1 aliphatic carbocycles. The number of halogens is 1. The third-order valence-electron chi connectivity index (χ3n) is 5.35. The van der Waals surface area contributed by atoms with Gasteiger partial charge in [0.05, 0.1) is 20.6 Å². The van der Waals surface area contributed by atoms with Gasteiger partial charge in [-0.2, -0.15) is 0 Å². The lowest BCUT2D eigenvalue weighted by atomic mass is 9.90. The van der Waals surface area contributed by atoms with Gasteiger partial charge in [0.15, 0.2) is 12.2 Å². The molecule has 2 unspecified atom stereocenters. The maximum Gasteiger partial charge on any atom is 0.340 e. The first kappa shape index (κ1) is 19.4. The van der Waals surface area contributed by atoms with Gasteiger partial charge < -0.3 is 31.3 Å². The summed E-state index contributed by atoms with van der Waals surface area (Å²) in [6.07, 6.45) is 4.38. The first-order valence-electron chi connectivity index (χ1n) is 8.76. The molecule has 3 rings (SSSR count). The third kappa shape index (κ3) is 4.38. The Morgan fingerprint density at radius 3 is 2.50 bits per heavy atom. The van der Waals surface area contributed by atoms with Crippen LogP contribution in [0.2, 0.25) is 0 Å². The number of likely N-dealkylation sites (N-methyl/N-ethyl adjacent to an activating group) is 1. The minimum absolute atomic E-state index is 0. The van der Waals surface area contributed by atoms with Crippen LogP contribution in [0.15, 0.2) is 24.3 Å². The zero-order chi connectivity index (χ0) is 16.4. The van der Waals surface area contributed by atoms with E-state index in [0.717, 1.165) is 48.0 Å². The Balaban J connectivity index is 0.00000208. The second-order valence-electron chi connectivity index (χ2n) is 7.70. The van der Waals surface area contributed by atoms with E-state index in [1.54, 1.807) is 0 Å². The Morgan fingerprint density at radius 1 is 1.21 bits per heavy atom. The van der Waals surface area contributed by atoms with E-state index in [9.17, 15) is 9.90 Å². The second kappa shape index (κ2) is 7.98. The Labute approximate surface area is 155 Å². The van der Waals surface area contributed by atoms with Gasteiger partial charge in [-0.1, -0.05) is 37.1 Å². The Morgan fingerprint density at radius 2 is 1.88 bits per heavy atom. The number of benzene rings is 1. The standard InChI is InChI=1S/C19H28NO3.BrH/c1-20(2)12-11-15(13-20)23-19(22)18(21)17-10-6-5-9-16(17)14-7-3-4-8-14;/h5-6,9-10,14-15,18,21H,3-4,7-8,11-13H2,1-2H3;1H/q+1;/p-1. The molecular formula is C19H28BrNO3. The molecular weight excluding hydrogens is 370 g/mol. The first-order chi connectivity index (χ1) is 11.0. The maximum atomic E-state index is 12.4. The molecule has 1 saturated carbocycles. The van der Waals surface area contributed by atoms with Crippen LogP contribution < -0.4 is 17.0 Å². The highest BCUT2D eigenvalue weighted by Crippen LogP contribution is 2.37. The molecule has 0 aromatic heterocycles. The number of hydrogen-bond acceptors (Lipinski definition) is 3. The summed E-state index contributed by atoms with van der Waals surface area (Å²) < 4.78 is 6.44. The van der Waals surface area contributed by atoms with Crippen molar-refractivity contribution in [2.24, 2.45) is 0 Å². The highest BCUT2D eigenvalue weighted by Gasteiger charge is 2.35. The van der Waals surface area contributed by atoms with E-state index in [2.05, 4.69) is 20.2 Å². The van der Waals surface area contributed by atoms with Gasteiger partial charge in [-0.05, 0) is 29.9 Å². The van der Waals surface area contributed by atoms with Crippen LogP contribution in [-0.4, -0.2) is 48.8 Å². The van der Waals surface area contributed by atoms with Crippen molar-refractivity contribution in [3.8, 4) is 0 Å². The molecule has 2 fully saturated rings. The molecule has 2 aliphatic rings. The number of likely N-dealkylation sites (tertiary alicyclic amines) is 1. The van der Waals surface area contributed by atoms with Crippen LogP contribution in [0.1, 0.15) is 55.3 Å². The highest BCUT2D eigenvalue weighted by molar-refractivity contribution is 5.77. The van der Waals surface area contributed by atoms with Crippen LogP contribution >= 0.6 is 0 Å². The predicted molar refractivity (Wildman–Crippen MR) is 89.0 cm³/mol. The van der Waals surface area contributed by atoms with Gasteiger partial charge in [-0.15, -0.1) is 0 Å². The van der Waals surface area contributed by atoms with Crippen LogP contribution in [0.4, 0.5) is 0 Å². The quantitative estimate of drug-likeness (QED) is 0.563. The highest BCUT2D eigenvalue weighted by atomic mass is 79.9. The Hall–Kier alpha value is -0.910. The van der Waals surface area contributed by atoms with Crippen molar-refractivity contribution < 1.29 is 36.1 Å². The molecule has 0 bridgehead atoms. The lowest BCUT2D eigenvalue weighted by Gasteiger charge is -2.23. The van der Waals surface area contributed by atoms with Gasteiger partial charge in [0, 0.05) is 6.42 Å². The molecule has 1 heterocycles. The number of ether oxygens (including phenoxy) is 1. The molecule has 2 atom stereocenters. The molecule has 4 nitrogen and oxygen atoms in total. The molecule has 1 saturated heterocycles. The van der Waals surface area contributed by atoms with Crippen molar-refractivity contribution in [3.05, 3.63) is 35.4 Å². The lowest BCUT2D eigenvalue weighted by molar-refractivity contribution is -0.879. The molecule has 5 heteroatoms. The number of esters is 1. The minimum Gasteiger partial charge on any atom is -1.00 e. The average molecular weight is 398 g/mol. The van der Waals surface area contributed by atoms with Gasteiger partial charge in [0.25, 0.3) is 0 Å². The summed E-state index contributed by atoms with van der Waals surface area (Å²) in [6.45, 7) is 1.83.